The highest BCUT2D eigenvalue weighted by Crippen LogP contribution is 2.39. The lowest BCUT2D eigenvalue weighted by Crippen LogP contribution is -2.57. The average Bonchev–Trinajstić information content (AvgIpc) is 3.59. The van der Waals surface area contributed by atoms with Crippen LogP contribution < -0.4 is 16.6 Å². The molecule has 3 aliphatic rings. The molecule has 3 N–H and O–H groups in total. The van der Waals surface area contributed by atoms with Gasteiger partial charge in [0.25, 0.3) is 5.56 Å². The van der Waals surface area contributed by atoms with E-state index in [2.05, 4.69) is 5.32 Å². The maximum Gasteiger partial charge on any atom is 0.252 e. The van der Waals surface area contributed by atoms with E-state index in [0.717, 1.165) is 48.2 Å². The summed E-state index contributed by atoms with van der Waals surface area (Å²) >= 11 is 0. The molecule has 186 valence electrons. The molecule has 2 atom stereocenters. The van der Waals surface area contributed by atoms with Crippen LogP contribution in [0.5, 0.6) is 0 Å². The van der Waals surface area contributed by atoms with Gasteiger partial charge in [-0.1, -0.05) is 12.1 Å². The number of pyridine rings is 1. The Kier molecular flexibility index (Phi) is 5.74. The van der Waals surface area contributed by atoms with Crippen molar-refractivity contribution in [1.29, 1.82) is 0 Å². The van der Waals surface area contributed by atoms with Gasteiger partial charge in [-0.3, -0.25) is 14.5 Å². The molecule has 1 aromatic carbocycles. The molecule has 2 aliphatic heterocycles. The number of carbonyl (C=O) groups excluding carboxylic acids is 1. The minimum absolute atomic E-state index is 0.00454. The molecule has 0 bridgehead atoms. The Bertz CT molecular complexity index is 1250. The van der Waals surface area contributed by atoms with Crippen LogP contribution in [0.1, 0.15) is 70.0 Å². The van der Waals surface area contributed by atoms with E-state index in [1.54, 1.807) is 15.5 Å². The number of benzene rings is 1. The van der Waals surface area contributed by atoms with Gasteiger partial charge in [-0.15, -0.1) is 0 Å². The predicted molar refractivity (Wildman–Crippen MR) is 137 cm³/mol. The van der Waals surface area contributed by atoms with Crippen molar-refractivity contribution >= 4 is 23.2 Å². The van der Waals surface area contributed by atoms with Crippen LogP contribution in [0.15, 0.2) is 46.3 Å². The van der Waals surface area contributed by atoms with Gasteiger partial charge in [-0.05, 0) is 76.6 Å². The molecular weight excluding hydrogens is 442 g/mol. The molecule has 8 heteroatoms. The number of anilines is 2. The molecular formula is C27H35N5O3. The van der Waals surface area contributed by atoms with Gasteiger partial charge < -0.3 is 20.4 Å². The van der Waals surface area contributed by atoms with E-state index in [1.807, 2.05) is 58.2 Å². The Hall–Kier alpha value is -3.13. The Morgan fingerprint density at radius 3 is 2.54 bits per heavy atom. The lowest BCUT2D eigenvalue weighted by molar-refractivity contribution is -0.136. The molecule has 0 unspecified atom stereocenters. The standard InChI is InChI=1S/C27H35N5O3/c1-17-21(6-5-7-22(17)29-18-10-12-31(19-8-9-19)23(33)14-18)27(4)16-24(34)32(25(28)30-27)20-11-13-35-26(2,3)15-20/h5-7,10,12,14,19-20,29H,8-9,11,13,15-16H2,1-4H3,(H2,28,30)/t20-,27+/m1/s1. The normalized spacial score (nSPS) is 26.4. The largest absolute Gasteiger partial charge is 0.375 e. The highest BCUT2D eigenvalue weighted by atomic mass is 16.5. The van der Waals surface area contributed by atoms with Gasteiger partial charge in [0.1, 0.15) is 0 Å². The van der Waals surface area contributed by atoms with Gasteiger partial charge in [-0.2, -0.15) is 0 Å². The summed E-state index contributed by atoms with van der Waals surface area (Å²) in [5.41, 5.74) is 8.92. The van der Waals surface area contributed by atoms with Gasteiger partial charge in [0.05, 0.1) is 17.6 Å². The quantitative estimate of drug-likeness (QED) is 0.679. The highest BCUT2D eigenvalue weighted by Gasteiger charge is 2.43. The summed E-state index contributed by atoms with van der Waals surface area (Å²) in [7, 11) is 0. The monoisotopic (exact) mass is 477 g/mol. The van der Waals surface area contributed by atoms with Gasteiger partial charge in [-0.25, -0.2) is 4.99 Å². The Morgan fingerprint density at radius 2 is 1.89 bits per heavy atom. The molecule has 1 aromatic heterocycles. The van der Waals surface area contributed by atoms with Crippen molar-refractivity contribution in [2.45, 2.75) is 83.0 Å². The third-order valence-electron chi connectivity index (χ3n) is 7.49. The van der Waals surface area contributed by atoms with Gasteiger partial charge in [0, 0.05) is 42.3 Å². The number of aromatic nitrogens is 1. The zero-order valence-corrected chi connectivity index (χ0v) is 21.0. The fourth-order valence-electron chi connectivity index (χ4n) is 5.55. The molecule has 0 radical (unpaired) electrons. The first-order chi connectivity index (χ1) is 16.6. The SMILES string of the molecule is Cc1c(Nc2ccn(C3CC3)c(=O)c2)cccc1[C@]1(C)CC(=O)N([C@@H]2CCOC(C)(C)C2)C(N)=N1. The summed E-state index contributed by atoms with van der Waals surface area (Å²) < 4.78 is 7.62. The number of carbonyl (C=O) groups is 1. The summed E-state index contributed by atoms with van der Waals surface area (Å²) in [6.45, 7) is 8.66. The van der Waals surface area contributed by atoms with Crippen LogP contribution in [0.3, 0.4) is 0 Å². The number of hydrogen-bond acceptors (Lipinski definition) is 6. The molecule has 3 heterocycles. The molecule has 1 aliphatic carbocycles. The van der Waals surface area contributed by atoms with Crippen molar-refractivity contribution in [2.24, 2.45) is 10.7 Å². The van der Waals surface area contributed by atoms with Crippen molar-refractivity contribution in [3.8, 4) is 0 Å². The lowest BCUT2D eigenvalue weighted by Gasteiger charge is -2.44. The lowest BCUT2D eigenvalue weighted by atomic mass is 9.83. The Balaban J connectivity index is 1.41. The van der Waals surface area contributed by atoms with Crippen molar-refractivity contribution < 1.29 is 9.53 Å². The first-order valence-corrected chi connectivity index (χ1v) is 12.5. The smallest absolute Gasteiger partial charge is 0.252 e. The maximum atomic E-state index is 13.4. The molecule has 8 nitrogen and oxygen atoms in total. The number of rotatable bonds is 5. The van der Waals surface area contributed by atoms with Crippen LogP contribution in [0, 0.1) is 6.92 Å². The Labute approximate surface area is 206 Å². The molecule has 1 amide bonds. The topological polar surface area (TPSA) is 102 Å². The number of hydrogen-bond donors (Lipinski definition) is 2. The summed E-state index contributed by atoms with van der Waals surface area (Å²) in [4.78, 5) is 32.4. The number of amides is 1. The van der Waals surface area contributed by atoms with Crippen LogP contribution in [0.25, 0.3) is 0 Å². The van der Waals surface area contributed by atoms with Gasteiger partial charge >= 0.3 is 0 Å². The third-order valence-corrected chi connectivity index (χ3v) is 7.49. The van der Waals surface area contributed by atoms with E-state index in [4.69, 9.17) is 15.5 Å². The van der Waals surface area contributed by atoms with Crippen LogP contribution in [-0.4, -0.2) is 39.6 Å². The maximum absolute atomic E-state index is 13.4. The molecule has 1 saturated carbocycles. The van der Waals surface area contributed by atoms with Gasteiger partial charge in [0.2, 0.25) is 5.91 Å². The Morgan fingerprint density at radius 1 is 1.11 bits per heavy atom. The minimum Gasteiger partial charge on any atom is -0.375 e. The summed E-state index contributed by atoms with van der Waals surface area (Å²) in [6.07, 6.45) is 5.72. The van der Waals surface area contributed by atoms with Gasteiger partial charge in [0.15, 0.2) is 5.96 Å². The molecule has 2 fully saturated rings. The second-order valence-electron chi connectivity index (χ2n) is 10.9. The minimum atomic E-state index is -0.768. The van der Waals surface area contributed by atoms with E-state index in [1.165, 1.54) is 0 Å². The van der Waals surface area contributed by atoms with Crippen molar-refractivity contribution in [3.05, 3.63) is 58.0 Å². The van der Waals surface area contributed by atoms with E-state index < -0.39 is 5.54 Å². The molecule has 2 aromatic rings. The van der Waals surface area contributed by atoms with Crippen LogP contribution in [0.4, 0.5) is 11.4 Å². The van der Waals surface area contributed by atoms with Crippen LogP contribution in [-0.2, 0) is 15.1 Å². The number of nitrogens with two attached hydrogens (primary N) is 1. The first-order valence-electron chi connectivity index (χ1n) is 12.5. The van der Waals surface area contributed by atoms with E-state index in [-0.39, 0.29) is 35.5 Å². The number of ether oxygens (including phenoxy) is 1. The average molecular weight is 478 g/mol. The molecule has 0 spiro atoms. The number of aliphatic imine (C=N–C) groups is 1. The summed E-state index contributed by atoms with van der Waals surface area (Å²) in [6, 6.07) is 9.84. The fraction of sp³-hybridized carbons (Fsp3) is 0.519. The molecule has 5 rings (SSSR count). The second kappa shape index (κ2) is 8.52. The highest BCUT2D eigenvalue weighted by molar-refractivity contribution is 5.99. The first kappa shape index (κ1) is 23.6. The van der Waals surface area contributed by atoms with Crippen molar-refractivity contribution in [3.63, 3.8) is 0 Å². The van der Waals surface area contributed by atoms with E-state index in [0.29, 0.717) is 12.6 Å². The van der Waals surface area contributed by atoms with Crippen LogP contribution in [0.2, 0.25) is 0 Å². The third kappa shape index (κ3) is 4.59. The predicted octanol–water partition coefficient (Wildman–Crippen LogP) is 3.96. The zero-order chi connectivity index (χ0) is 25.0. The van der Waals surface area contributed by atoms with Crippen LogP contribution >= 0.6 is 0 Å². The number of nitrogens with zero attached hydrogens (tertiary/aromatic N) is 3. The second-order valence-corrected chi connectivity index (χ2v) is 10.9. The van der Waals surface area contributed by atoms with Crippen molar-refractivity contribution in [2.75, 3.05) is 11.9 Å². The van der Waals surface area contributed by atoms with E-state index in [9.17, 15) is 9.59 Å². The summed E-state index contributed by atoms with van der Waals surface area (Å²) in [5.74, 6) is 0.261. The zero-order valence-electron chi connectivity index (χ0n) is 21.0. The molecule has 35 heavy (non-hydrogen) atoms. The molecule has 1 saturated heterocycles. The summed E-state index contributed by atoms with van der Waals surface area (Å²) in [5, 5.41) is 3.39. The number of nitrogens with one attached hydrogen (secondary N) is 1. The number of guanidine groups is 1. The fourth-order valence-corrected chi connectivity index (χ4v) is 5.55. The van der Waals surface area contributed by atoms with E-state index >= 15 is 0 Å². The van der Waals surface area contributed by atoms with Crippen molar-refractivity contribution in [1.82, 2.24) is 9.47 Å².